The zero-order valence-corrected chi connectivity index (χ0v) is 12.3. The molecule has 0 spiro atoms. The molecule has 1 fully saturated rings. The van der Waals surface area contributed by atoms with Crippen LogP contribution >= 0.6 is 0 Å². The highest BCUT2D eigenvalue weighted by Crippen LogP contribution is 2.31. The minimum absolute atomic E-state index is 0.0744. The number of nitrogens with zero attached hydrogens (tertiary/aromatic N) is 2. The van der Waals surface area contributed by atoms with Gasteiger partial charge in [-0.2, -0.15) is 0 Å². The molecule has 1 aromatic rings. The standard InChI is InChI=1S/C14H17N3O5/c1-9-10(4-3-5-11(9)17(21)22)15-13(20)16-7-6-14(2,8-16)12(18)19/h3-5H,6-8H2,1-2H3,(H,15,20)(H,18,19). The number of carboxylic acids is 1. The number of hydrogen-bond donors (Lipinski definition) is 2. The lowest BCUT2D eigenvalue weighted by Gasteiger charge is -2.21. The van der Waals surface area contributed by atoms with Crippen LogP contribution in [0.2, 0.25) is 0 Å². The Kier molecular flexibility index (Phi) is 4.03. The van der Waals surface area contributed by atoms with Gasteiger partial charge in [0.2, 0.25) is 0 Å². The number of benzene rings is 1. The second-order valence-electron chi connectivity index (χ2n) is 5.67. The summed E-state index contributed by atoms with van der Waals surface area (Å²) in [4.78, 5) is 35.2. The number of nitro groups is 1. The summed E-state index contributed by atoms with van der Waals surface area (Å²) in [5, 5.41) is 22.7. The van der Waals surface area contributed by atoms with E-state index in [1.54, 1.807) is 19.9 Å². The fraction of sp³-hybridized carbons (Fsp3) is 0.429. The highest BCUT2D eigenvalue weighted by atomic mass is 16.6. The number of aliphatic carboxylic acids is 1. The molecule has 0 aliphatic carbocycles. The molecule has 8 nitrogen and oxygen atoms in total. The average molecular weight is 307 g/mol. The van der Waals surface area contributed by atoms with Gasteiger partial charge in [-0.1, -0.05) is 6.07 Å². The third kappa shape index (κ3) is 2.85. The van der Waals surface area contributed by atoms with E-state index in [1.165, 1.54) is 17.0 Å². The van der Waals surface area contributed by atoms with Crippen LogP contribution in [-0.4, -0.2) is 40.0 Å². The third-order valence-corrected chi connectivity index (χ3v) is 4.02. The van der Waals surface area contributed by atoms with Crippen LogP contribution in [0, 0.1) is 22.5 Å². The van der Waals surface area contributed by atoms with E-state index in [0.29, 0.717) is 24.2 Å². The van der Waals surface area contributed by atoms with Gasteiger partial charge in [-0.05, 0) is 26.3 Å². The van der Waals surface area contributed by atoms with Crippen molar-refractivity contribution in [2.24, 2.45) is 5.41 Å². The Balaban J connectivity index is 2.13. The quantitative estimate of drug-likeness (QED) is 0.656. The van der Waals surface area contributed by atoms with E-state index in [2.05, 4.69) is 5.32 Å². The summed E-state index contributed by atoms with van der Waals surface area (Å²) < 4.78 is 0. The number of carbonyl (C=O) groups excluding carboxylic acids is 1. The number of likely N-dealkylation sites (tertiary alicyclic amines) is 1. The van der Waals surface area contributed by atoms with Gasteiger partial charge >= 0.3 is 12.0 Å². The van der Waals surface area contributed by atoms with Crippen molar-refractivity contribution in [2.45, 2.75) is 20.3 Å². The van der Waals surface area contributed by atoms with Crippen LogP contribution in [0.3, 0.4) is 0 Å². The molecule has 0 radical (unpaired) electrons. The third-order valence-electron chi connectivity index (χ3n) is 4.02. The zero-order valence-electron chi connectivity index (χ0n) is 12.3. The molecule has 2 amide bonds. The molecule has 2 N–H and O–H groups in total. The topological polar surface area (TPSA) is 113 Å². The van der Waals surface area contributed by atoms with Gasteiger partial charge < -0.3 is 15.3 Å². The number of anilines is 1. The number of carboxylic acid groups (broad SMARTS) is 1. The van der Waals surface area contributed by atoms with E-state index in [9.17, 15) is 24.8 Å². The van der Waals surface area contributed by atoms with Crippen LogP contribution in [0.15, 0.2) is 18.2 Å². The second kappa shape index (κ2) is 5.63. The van der Waals surface area contributed by atoms with Crippen molar-refractivity contribution in [3.8, 4) is 0 Å². The largest absolute Gasteiger partial charge is 0.481 e. The summed E-state index contributed by atoms with van der Waals surface area (Å²) >= 11 is 0. The number of hydrogen-bond acceptors (Lipinski definition) is 4. The molecular formula is C14H17N3O5. The van der Waals surface area contributed by atoms with Gasteiger partial charge in [0.15, 0.2) is 0 Å². The van der Waals surface area contributed by atoms with E-state index in [-0.39, 0.29) is 12.2 Å². The first kappa shape index (κ1) is 15.7. The molecule has 0 saturated carbocycles. The Bertz CT molecular complexity index is 645. The number of nitrogens with one attached hydrogen (secondary N) is 1. The molecule has 118 valence electrons. The summed E-state index contributed by atoms with van der Waals surface area (Å²) in [7, 11) is 0. The Morgan fingerprint density at radius 3 is 2.68 bits per heavy atom. The Morgan fingerprint density at radius 1 is 1.45 bits per heavy atom. The lowest BCUT2D eigenvalue weighted by molar-refractivity contribution is -0.385. The molecule has 1 atom stereocenters. The summed E-state index contributed by atoms with van der Waals surface area (Å²) in [6.07, 6.45) is 0.379. The molecule has 1 aromatic carbocycles. The highest BCUT2D eigenvalue weighted by molar-refractivity contribution is 5.91. The first-order valence-electron chi connectivity index (χ1n) is 6.78. The van der Waals surface area contributed by atoms with Crippen LogP contribution < -0.4 is 5.32 Å². The van der Waals surface area contributed by atoms with Crippen LogP contribution in [0.5, 0.6) is 0 Å². The average Bonchev–Trinajstić information content (AvgIpc) is 2.85. The maximum absolute atomic E-state index is 12.2. The van der Waals surface area contributed by atoms with Crippen molar-refractivity contribution in [3.63, 3.8) is 0 Å². The first-order valence-corrected chi connectivity index (χ1v) is 6.78. The number of urea groups is 1. The number of nitro benzene ring substituents is 1. The number of carbonyl (C=O) groups is 2. The fourth-order valence-electron chi connectivity index (χ4n) is 2.46. The zero-order chi connectivity index (χ0) is 16.5. The van der Waals surface area contributed by atoms with Gasteiger partial charge in [0.25, 0.3) is 5.69 Å². The van der Waals surface area contributed by atoms with Gasteiger partial charge in [-0.25, -0.2) is 4.79 Å². The van der Waals surface area contributed by atoms with Crippen LogP contribution in [0.4, 0.5) is 16.2 Å². The summed E-state index contributed by atoms with van der Waals surface area (Å²) in [6.45, 7) is 3.60. The molecule has 1 heterocycles. The van der Waals surface area contributed by atoms with Crippen molar-refractivity contribution < 1.29 is 19.6 Å². The summed E-state index contributed by atoms with van der Waals surface area (Å²) in [5.41, 5.74) is -0.312. The number of amides is 2. The Morgan fingerprint density at radius 2 is 2.14 bits per heavy atom. The van der Waals surface area contributed by atoms with Crippen molar-refractivity contribution in [3.05, 3.63) is 33.9 Å². The molecule has 0 bridgehead atoms. The lowest BCUT2D eigenvalue weighted by atomic mass is 9.90. The van der Waals surface area contributed by atoms with Gasteiger partial charge in [-0.15, -0.1) is 0 Å². The minimum atomic E-state index is -0.949. The second-order valence-corrected chi connectivity index (χ2v) is 5.67. The van der Waals surface area contributed by atoms with Crippen LogP contribution in [0.25, 0.3) is 0 Å². The summed E-state index contributed by atoms with van der Waals surface area (Å²) in [5.74, 6) is -0.936. The van der Waals surface area contributed by atoms with Crippen molar-refractivity contribution in [1.82, 2.24) is 4.90 Å². The van der Waals surface area contributed by atoms with Crippen molar-refractivity contribution >= 4 is 23.4 Å². The normalized spacial score (nSPS) is 20.7. The highest BCUT2D eigenvalue weighted by Gasteiger charge is 2.42. The van der Waals surface area contributed by atoms with E-state index < -0.39 is 22.3 Å². The van der Waals surface area contributed by atoms with E-state index in [4.69, 9.17) is 0 Å². The number of rotatable bonds is 3. The van der Waals surface area contributed by atoms with Gasteiger partial charge in [0, 0.05) is 19.2 Å². The smallest absolute Gasteiger partial charge is 0.321 e. The first-order chi connectivity index (χ1) is 10.2. The molecular weight excluding hydrogens is 290 g/mol. The van der Waals surface area contributed by atoms with Gasteiger partial charge in [0.05, 0.1) is 21.6 Å². The lowest BCUT2D eigenvalue weighted by Crippen LogP contribution is -2.37. The molecule has 1 aliphatic heterocycles. The molecule has 1 aliphatic rings. The monoisotopic (exact) mass is 307 g/mol. The van der Waals surface area contributed by atoms with Crippen molar-refractivity contribution in [1.29, 1.82) is 0 Å². The minimum Gasteiger partial charge on any atom is -0.481 e. The van der Waals surface area contributed by atoms with Gasteiger partial charge in [0.1, 0.15) is 0 Å². The van der Waals surface area contributed by atoms with E-state index >= 15 is 0 Å². The van der Waals surface area contributed by atoms with Crippen LogP contribution in [0.1, 0.15) is 18.9 Å². The van der Waals surface area contributed by atoms with E-state index in [0.717, 1.165) is 0 Å². The van der Waals surface area contributed by atoms with E-state index in [1.807, 2.05) is 0 Å². The molecule has 1 saturated heterocycles. The van der Waals surface area contributed by atoms with Crippen LogP contribution in [-0.2, 0) is 4.79 Å². The molecule has 22 heavy (non-hydrogen) atoms. The maximum atomic E-state index is 12.2. The maximum Gasteiger partial charge on any atom is 0.321 e. The summed E-state index contributed by atoms with van der Waals surface area (Å²) in [6, 6.07) is 3.98. The van der Waals surface area contributed by atoms with Gasteiger partial charge in [-0.3, -0.25) is 14.9 Å². The molecule has 8 heteroatoms. The predicted molar refractivity (Wildman–Crippen MR) is 78.8 cm³/mol. The molecule has 2 rings (SSSR count). The van der Waals surface area contributed by atoms with Crippen molar-refractivity contribution in [2.75, 3.05) is 18.4 Å². The Labute approximate surface area is 126 Å². The Hall–Kier alpha value is -2.64. The fourth-order valence-corrected chi connectivity index (χ4v) is 2.46. The molecule has 1 unspecified atom stereocenters. The molecule has 0 aromatic heterocycles. The predicted octanol–water partition coefficient (Wildman–Crippen LogP) is 2.23. The SMILES string of the molecule is Cc1c(NC(=O)N2CCC(C)(C(=O)O)C2)cccc1[N+](=O)[O-].